The maximum absolute atomic E-state index is 12.6. The third-order valence-electron chi connectivity index (χ3n) is 5.18. The van der Waals surface area contributed by atoms with Crippen LogP contribution < -0.4 is 14.8 Å². The zero-order chi connectivity index (χ0) is 26.8. The molecule has 10 nitrogen and oxygen atoms in total. The van der Waals surface area contributed by atoms with Gasteiger partial charge in [-0.3, -0.25) is 9.59 Å². The first-order chi connectivity index (χ1) is 17.7. The first-order valence-corrected chi connectivity index (χ1v) is 12.9. The second kappa shape index (κ2) is 12.6. The van der Waals surface area contributed by atoms with Crippen molar-refractivity contribution < 1.29 is 32.3 Å². The number of methoxy groups -OCH3 is 1. The van der Waals surface area contributed by atoms with E-state index in [0.717, 1.165) is 17.5 Å². The molecule has 0 aliphatic heterocycles. The topological polar surface area (TPSA) is 141 Å². The summed E-state index contributed by atoms with van der Waals surface area (Å²) in [5.74, 6) is -1.16. The number of ether oxygens (including phenoxy) is 2. The van der Waals surface area contributed by atoms with Crippen molar-refractivity contribution >= 4 is 27.8 Å². The number of aromatic nitrogens is 1. The Morgan fingerprint density at radius 3 is 2.16 bits per heavy atom. The molecule has 0 aliphatic carbocycles. The standard InChI is InChI=1S/C26H27N3O7S/c1-3-16-36-26(32)23-13-8-20(17-28-23)25(31)29-37(33,34)22-11-6-19(7-12-22)24(30)27-15-14-18-4-9-21(35-2)10-5-18/h4-13,17H,3,14-16H2,1-2H3,(H,27,30)(H,29,31). The quantitative estimate of drug-likeness (QED) is 0.364. The molecule has 1 aromatic heterocycles. The van der Waals surface area contributed by atoms with Crippen LogP contribution in [0.4, 0.5) is 0 Å². The lowest BCUT2D eigenvalue weighted by molar-refractivity contribution is 0.0497. The number of amides is 2. The summed E-state index contributed by atoms with van der Waals surface area (Å²) in [5, 5.41) is 2.78. The van der Waals surface area contributed by atoms with Crippen molar-refractivity contribution in [3.63, 3.8) is 0 Å². The van der Waals surface area contributed by atoms with Gasteiger partial charge in [-0.05, 0) is 66.9 Å². The molecule has 194 valence electrons. The van der Waals surface area contributed by atoms with Crippen LogP contribution in [0.15, 0.2) is 71.8 Å². The average molecular weight is 526 g/mol. The maximum Gasteiger partial charge on any atom is 0.356 e. The van der Waals surface area contributed by atoms with E-state index in [0.29, 0.717) is 19.4 Å². The highest BCUT2D eigenvalue weighted by Gasteiger charge is 2.20. The summed E-state index contributed by atoms with van der Waals surface area (Å²) >= 11 is 0. The van der Waals surface area contributed by atoms with Crippen LogP contribution in [0.1, 0.15) is 50.1 Å². The van der Waals surface area contributed by atoms with E-state index in [1.54, 1.807) is 7.11 Å². The Bertz CT molecular complexity index is 1340. The van der Waals surface area contributed by atoms with E-state index < -0.39 is 21.9 Å². The number of esters is 1. The summed E-state index contributed by atoms with van der Waals surface area (Å²) < 4.78 is 37.3. The van der Waals surface area contributed by atoms with E-state index in [1.807, 2.05) is 35.9 Å². The molecular formula is C26H27N3O7S. The van der Waals surface area contributed by atoms with Gasteiger partial charge in [-0.1, -0.05) is 19.1 Å². The predicted molar refractivity (Wildman–Crippen MR) is 135 cm³/mol. The van der Waals surface area contributed by atoms with E-state index in [-0.39, 0.29) is 34.2 Å². The second-order valence-electron chi connectivity index (χ2n) is 7.88. The highest BCUT2D eigenvalue weighted by atomic mass is 32.2. The van der Waals surface area contributed by atoms with Crippen molar-refractivity contribution in [2.75, 3.05) is 20.3 Å². The Hall–Kier alpha value is -4.25. The van der Waals surface area contributed by atoms with Crippen molar-refractivity contribution in [3.8, 4) is 5.75 Å². The molecule has 37 heavy (non-hydrogen) atoms. The number of carbonyl (C=O) groups excluding carboxylic acids is 3. The summed E-state index contributed by atoms with van der Waals surface area (Å²) in [6.07, 6.45) is 2.36. The molecule has 2 amide bonds. The fraction of sp³-hybridized carbons (Fsp3) is 0.231. The molecule has 1 heterocycles. The van der Waals surface area contributed by atoms with Crippen LogP contribution in [0.5, 0.6) is 5.75 Å². The lowest BCUT2D eigenvalue weighted by Crippen LogP contribution is -2.31. The molecule has 0 atom stereocenters. The highest BCUT2D eigenvalue weighted by Crippen LogP contribution is 2.13. The Labute approximate surface area is 215 Å². The lowest BCUT2D eigenvalue weighted by Gasteiger charge is -2.09. The first kappa shape index (κ1) is 27.3. The molecule has 11 heteroatoms. The molecule has 2 aromatic carbocycles. The zero-order valence-corrected chi connectivity index (χ0v) is 21.2. The van der Waals surface area contributed by atoms with Gasteiger partial charge < -0.3 is 14.8 Å². The highest BCUT2D eigenvalue weighted by molar-refractivity contribution is 7.90. The Morgan fingerprint density at radius 2 is 1.57 bits per heavy atom. The fourth-order valence-corrected chi connectivity index (χ4v) is 4.13. The summed E-state index contributed by atoms with van der Waals surface area (Å²) in [6.45, 7) is 2.48. The van der Waals surface area contributed by atoms with Crippen molar-refractivity contribution in [2.45, 2.75) is 24.7 Å². The van der Waals surface area contributed by atoms with Gasteiger partial charge in [-0.2, -0.15) is 0 Å². The number of nitrogens with one attached hydrogen (secondary N) is 2. The van der Waals surface area contributed by atoms with Crippen LogP contribution in [-0.4, -0.2) is 51.4 Å². The summed E-state index contributed by atoms with van der Waals surface area (Å²) in [5.41, 5.74) is 1.25. The number of sulfonamides is 1. The molecule has 0 radical (unpaired) electrons. The summed E-state index contributed by atoms with van der Waals surface area (Å²) in [6, 6.07) is 15.2. The van der Waals surface area contributed by atoms with Crippen LogP contribution in [-0.2, 0) is 21.2 Å². The van der Waals surface area contributed by atoms with Crippen LogP contribution >= 0.6 is 0 Å². The molecule has 0 saturated carbocycles. The van der Waals surface area contributed by atoms with Crippen molar-refractivity contribution in [3.05, 3.63) is 89.2 Å². The number of rotatable bonds is 11. The maximum atomic E-state index is 12.6. The molecule has 2 N–H and O–H groups in total. The van der Waals surface area contributed by atoms with Gasteiger partial charge in [0.15, 0.2) is 0 Å². The van der Waals surface area contributed by atoms with Crippen molar-refractivity contribution in [2.24, 2.45) is 0 Å². The van der Waals surface area contributed by atoms with Gasteiger partial charge in [-0.15, -0.1) is 0 Å². The van der Waals surface area contributed by atoms with Gasteiger partial charge in [0.1, 0.15) is 11.4 Å². The zero-order valence-electron chi connectivity index (χ0n) is 20.4. The molecule has 0 spiro atoms. The largest absolute Gasteiger partial charge is 0.497 e. The van der Waals surface area contributed by atoms with Crippen molar-refractivity contribution in [1.82, 2.24) is 15.0 Å². The molecule has 0 aliphatic rings. The summed E-state index contributed by atoms with van der Waals surface area (Å²) in [7, 11) is -2.62. The van der Waals surface area contributed by atoms with Gasteiger partial charge in [0, 0.05) is 18.3 Å². The fourth-order valence-electron chi connectivity index (χ4n) is 3.16. The number of benzene rings is 2. The Kier molecular flexibility index (Phi) is 9.33. The monoisotopic (exact) mass is 525 g/mol. The Morgan fingerprint density at radius 1 is 0.892 bits per heavy atom. The normalized spacial score (nSPS) is 10.9. The minimum absolute atomic E-state index is 0.00530. The summed E-state index contributed by atoms with van der Waals surface area (Å²) in [4.78, 5) is 40.3. The first-order valence-electron chi connectivity index (χ1n) is 11.4. The number of pyridine rings is 1. The minimum atomic E-state index is -4.21. The van der Waals surface area contributed by atoms with E-state index in [2.05, 4.69) is 10.3 Å². The number of carbonyl (C=O) groups is 3. The number of hydrogen-bond donors (Lipinski definition) is 2. The van der Waals surface area contributed by atoms with Crippen LogP contribution in [0.3, 0.4) is 0 Å². The van der Waals surface area contributed by atoms with Gasteiger partial charge in [-0.25, -0.2) is 22.9 Å². The Balaban J connectivity index is 1.55. The minimum Gasteiger partial charge on any atom is -0.497 e. The second-order valence-corrected chi connectivity index (χ2v) is 9.56. The smallest absolute Gasteiger partial charge is 0.356 e. The molecule has 3 rings (SSSR count). The molecule has 0 saturated heterocycles. The molecule has 0 bridgehead atoms. The third kappa shape index (κ3) is 7.61. The van der Waals surface area contributed by atoms with Crippen LogP contribution in [0.2, 0.25) is 0 Å². The van der Waals surface area contributed by atoms with E-state index >= 15 is 0 Å². The predicted octanol–water partition coefficient (Wildman–Crippen LogP) is 2.75. The van der Waals surface area contributed by atoms with Crippen LogP contribution in [0.25, 0.3) is 0 Å². The average Bonchev–Trinajstić information content (AvgIpc) is 2.92. The lowest BCUT2D eigenvalue weighted by atomic mass is 10.1. The molecular weight excluding hydrogens is 498 g/mol. The molecule has 0 unspecified atom stereocenters. The van der Waals surface area contributed by atoms with Gasteiger partial charge >= 0.3 is 5.97 Å². The number of hydrogen-bond acceptors (Lipinski definition) is 8. The SMILES string of the molecule is CCCOC(=O)c1ccc(C(=O)NS(=O)(=O)c2ccc(C(=O)NCCc3ccc(OC)cc3)cc2)cn1. The van der Waals surface area contributed by atoms with Crippen molar-refractivity contribution in [1.29, 1.82) is 0 Å². The van der Waals surface area contributed by atoms with Gasteiger partial charge in [0.05, 0.1) is 24.2 Å². The third-order valence-corrected chi connectivity index (χ3v) is 6.53. The van der Waals surface area contributed by atoms with E-state index in [1.165, 1.54) is 36.4 Å². The molecule has 3 aromatic rings. The van der Waals surface area contributed by atoms with Gasteiger partial charge in [0.25, 0.3) is 21.8 Å². The van der Waals surface area contributed by atoms with E-state index in [9.17, 15) is 22.8 Å². The van der Waals surface area contributed by atoms with Gasteiger partial charge in [0.2, 0.25) is 0 Å². The number of nitrogens with zero attached hydrogens (tertiary/aromatic N) is 1. The van der Waals surface area contributed by atoms with E-state index in [4.69, 9.17) is 9.47 Å². The molecule has 0 fully saturated rings. The van der Waals surface area contributed by atoms with Crippen LogP contribution in [0, 0.1) is 0 Å².